The minimum Gasteiger partial charge on any atom is -0.490 e. The number of rotatable bonds is 8. The van der Waals surface area contributed by atoms with E-state index < -0.39 is 11.9 Å². The first kappa shape index (κ1) is 22.3. The number of carboxylic acid groups (broad SMARTS) is 1. The molecular weight excluding hydrogens is 444 g/mol. The molecule has 1 aromatic heterocycles. The topological polar surface area (TPSA) is 128 Å². The molecule has 170 valence electrons. The molecule has 0 saturated carbocycles. The predicted octanol–water partition coefficient (Wildman–Crippen LogP) is 3.85. The van der Waals surface area contributed by atoms with Crippen LogP contribution in [0.1, 0.15) is 39.4 Å². The van der Waals surface area contributed by atoms with E-state index in [1.165, 1.54) is 0 Å². The number of nitrogens with one attached hydrogen (secondary N) is 1. The standard InChI is InChI=1S/C24H22N2O6S/c1-2-31-17-10-14(8-9-16(17)32-12-18(25)27)15-11-19(28)26-21-20(13-6-4-3-5-7-13)23(24(29)30)33-22(15)21/h3-10,15H,2,11-12H2,1H3,(H2,25,27)(H,26,28)(H,29,30)/t15-/m1/s1. The Morgan fingerprint density at radius 1 is 1.15 bits per heavy atom. The molecule has 2 amide bonds. The minimum atomic E-state index is -1.05. The molecule has 2 heterocycles. The zero-order chi connectivity index (χ0) is 23.5. The van der Waals surface area contributed by atoms with Gasteiger partial charge in [0.2, 0.25) is 5.91 Å². The number of nitrogens with two attached hydrogens (primary N) is 1. The number of hydrogen-bond acceptors (Lipinski definition) is 6. The van der Waals surface area contributed by atoms with Crippen LogP contribution in [0.5, 0.6) is 11.5 Å². The Morgan fingerprint density at radius 2 is 1.91 bits per heavy atom. The summed E-state index contributed by atoms with van der Waals surface area (Å²) in [6, 6.07) is 14.4. The zero-order valence-corrected chi connectivity index (χ0v) is 18.6. The van der Waals surface area contributed by atoms with Crippen LogP contribution in [0.2, 0.25) is 0 Å². The Kier molecular flexibility index (Phi) is 6.32. The summed E-state index contributed by atoms with van der Waals surface area (Å²) >= 11 is 1.16. The van der Waals surface area contributed by atoms with Crippen molar-refractivity contribution in [3.8, 4) is 22.6 Å². The highest BCUT2D eigenvalue weighted by Gasteiger charge is 2.34. The Labute approximate surface area is 193 Å². The minimum absolute atomic E-state index is 0.161. The number of anilines is 1. The van der Waals surface area contributed by atoms with Crippen LogP contribution in [0.3, 0.4) is 0 Å². The second-order valence-corrected chi connectivity index (χ2v) is 8.47. The van der Waals surface area contributed by atoms with Gasteiger partial charge in [-0.15, -0.1) is 11.3 Å². The molecule has 1 aliphatic rings. The second-order valence-electron chi connectivity index (χ2n) is 7.42. The van der Waals surface area contributed by atoms with Gasteiger partial charge < -0.3 is 25.6 Å². The van der Waals surface area contributed by atoms with Crippen molar-refractivity contribution in [1.29, 1.82) is 0 Å². The molecule has 1 atom stereocenters. The van der Waals surface area contributed by atoms with Crippen LogP contribution < -0.4 is 20.5 Å². The van der Waals surface area contributed by atoms with Crippen molar-refractivity contribution in [2.45, 2.75) is 19.3 Å². The number of carbonyl (C=O) groups excluding carboxylic acids is 2. The molecule has 3 aromatic rings. The summed E-state index contributed by atoms with van der Waals surface area (Å²) < 4.78 is 11.1. The smallest absolute Gasteiger partial charge is 0.346 e. The number of fused-ring (bicyclic) bond motifs is 1. The van der Waals surface area contributed by atoms with E-state index in [0.29, 0.717) is 29.4 Å². The van der Waals surface area contributed by atoms with Gasteiger partial charge >= 0.3 is 5.97 Å². The van der Waals surface area contributed by atoms with Crippen molar-refractivity contribution in [2.75, 3.05) is 18.5 Å². The van der Waals surface area contributed by atoms with E-state index in [9.17, 15) is 19.5 Å². The number of hydrogen-bond donors (Lipinski definition) is 3. The van der Waals surface area contributed by atoms with Gasteiger partial charge in [0.25, 0.3) is 5.91 Å². The number of amides is 2. The summed E-state index contributed by atoms with van der Waals surface area (Å²) in [4.78, 5) is 36.8. The van der Waals surface area contributed by atoms with Crippen LogP contribution in [0.15, 0.2) is 48.5 Å². The van der Waals surface area contributed by atoms with Crippen molar-refractivity contribution in [3.63, 3.8) is 0 Å². The molecule has 0 radical (unpaired) electrons. The monoisotopic (exact) mass is 466 g/mol. The Balaban J connectivity index is 1.82. The van der Waals surface area contributed by atoms with Crippen molar-refractivity contribution >= 4 is 34.8 Å². The first-order valence-corrected chi connectivity index (χ1v) is 11.1. The molecule has 0 spiro atoms. The molecule has 2 aromatic carbocycles. The van der Waals surface area contributed by atoms with Crippen LogP contribution in [0, 0.1) is 0 Å². The number of aromatic carboxylic acids is 1. The van der Waals surface area contributed by atoms with Crippen LogP contribution in [-0.4, -0.2) is 36.1 Å². The van der Waals surface area contributed by atoms with Gasteiger partial charge in [0.05, 0.1) is 12.3 Å². The molecule has 33 heavy (non-hydrogen) atoms. The fourth-order valence-corrected chi connectivity index (χ4v) is 5.11. The van der Waals surface area contributed by atoms with Gasteiger partial charge in [0, 0.05) is 22.8 Å². The summed E-state index contributed by atoms with van der Waals surface area (Å²) in [5, 5.41) is 12.8. The number of ether oxygens (including phenoxy) is 2. The number of primary amides is 1. The summed E-state index contributed by atoms with van der Waals surface area (Å²) in [6.45, 7) is 1.90. The van der Waals surface area contributed by atoms with Crippen LogP contribution in [-0.2, 0) is 9.59 Å². The Hall–Kier alpha value is -3.85. The lowest BCUT2D eigenvalue weighted by Crippen LogP contribution is -2.22. The maximum atomic E-state index is 12.7. The highest BCUT2D eigenvalue weighted by Crippen LogP contribution is 2.50. The average molecular weight is 467 g/mol. The van der Waals surface area contributed by atoms with Crippen LogP contribution >= 0.6 is 11.3 Å². The van der Waals surface area contributed by atoms with Gasteiger partial charge in [0.15, 0.2) is 18.1 Å². The quantitative estimate of drug-likeness (QED) is 0.463. The molecule has 0 unspecified atom stereocenters. The maximum absolute atomic E-state index is 12.7. The third kappa shape index (κ3) is 4.54. The average Bonchev–Trinajstić information content (AvgIpc) is 3.18. The second kappa shape index (κ2) is 9.33. The van der Waals surface area contributed by atoms with Gasteiger partial charge in [-0.3, -0.25) is 9.59 Å². The van der Waals surface area contributed by atoms with E-state index in [4.69, 9.17) is 15.2 Å². The third-order valence-corrected chi connectivity index (χ3v) is 6.49. The van der Waals surface area contributed by atoms with Crippen molar-refractivity contribution in [2.24, 2.45) is 5.73 Å². The number of benzene rings is 2. The molecular formula is C24H22N2O6S. The normalized spacial score (nSPS) is 14.8. The lowest BCUT2D eigenvalue weighted by Gasteiger charge is -2.24. The number of thiophene rings is 1. The summed E-state index contributed by atoms with van der Waals surface area (Å²) in [6.07, 6.45) is 0.161. The lowest BCUT2D eigenvalue weighted by molar-refractivity contribution is -0.120. The van der Waals surface area contributed by atoms with E-state index in [-0.39, 0.29) is 29.7 Å². The fraction of sp³-hybridized carbons (Fsp3) is 0.208. The van der Waals surface area contributed by atoms with Crippen LogP contribution in [0.25, 0.3) is 11.1 Å². The molecule has 9 heteroatoms. The summed E-state index contributed by atoms with van der Waals surface area (Å²) in [7, 11) is 0. The molecule has 0 fully saturated rings. The van der Waals surface area contributed by atoms with Crippen molar-refractivity contribution < 1.29 is 29.0 Å². The van der Waals surface area contributed by atoms with Gasteiger partial charge in [-0.1, -0.05) is 36.4 Å². The molecule has 0 saturated heterocycles. The first-order chi connectivity index (χ1) is 15.9. The van der Waals surface area contributed by atoms with Crippen molar-refractivity contribution in [1.82, 2.24) is 0 Å². The Morgan fingerprint density at radius 3 is 2.58 bits per heavy atom. The van der Waals surface area contributed by atoms with Gasteiger partial charge in [0.1, 0.15) is 4.88 Å². The number of carbonyl (C=O) groups is 3. The third-order valence-electron chi connectivity index (χ3n) is 5.20. The van der Waals surface area contributed by atoms with E-state index in [1.54, 1.807) is 18.2 Å². The molecule has 0 aliphatic carbocycles. The highest BCUT2D eigenvalue weighted by atomic mass is 32.1. The predicted molar refractivity (Wildman–Crippen MR) is 124 cm³/mol. The zero-order valence-electron chi connectivity index (χ0n) is 17.8. The van der Waals surface area contributed by atoms with Gasteiger partial charge in [-0.25, -0.2) is 4.79 Å². The summed E-state index contributed by atoms with van der Waals surface area (Å²) in [5.74, 6) is -1.44. The van der Waals surface area contributed by atoms with Crippen LogP contribution in [0.4, 0.5) is 5.69 Å². The molecule has 4 N–H and O–H groups in total. The molecule has 1 aliphatic heterocycles. The largest absolute Gasteiger partial charge is 0.490 e. The Bertz CT molecular complexity index is 1220. The highest BCUT2D eigenvalue weighted by molar-refractivity contribution is 7.15. The van der Waals surface area contributed by atoms with Gasteiger partial charge in [-0.05, 0) is 30.2 Å². The number of carboxylic acids is 1. The SMILES string of the molecule is CCOc1cc([C@H]2CC(=O)Nc3c2sc(C(=O)O)c3-c2ccccc2)ccc1OCC(N)=O. The van der Waals surface area contributed by atoms with E-state index in [0.717, 1.165) is 27.3 Å². The van der Waals surface area contributed by atoms with Crippen molar-refractivity contribution in [3.05, 3.63) is 63.8 Å². The van der Waals surface area contributed by atoms with E-state index in [2.05, 4.69) is 5.32 Å². The molecule has 8 nitrogen and oxygen atoms in total. The van der Waals surface area contributed by atoms with Gasteiger partial charge in [-0.2, -0.15) is 0 Å². The van der Waals surface area contributed by atoms with E-state index in [1.807, 2.05) is 37.3 Å². The fourth-order valence-electron chi connectivity index (χ4n) is 3.86. The maximum Gasteiger partial charge on any atom is 0.346 e. The van der Waals surface area contributed by atoms with E-state index >= 15 is 0 Å². The summed E-state index contributed by atoms with van der Waals surface area (Å²) in [5.41, 5.74) is 7.70. The molecule has 0 bridgehead atoms. The molecule has 4 rings (SSSR count). The lowest BCUT2D eigenvalue weighted by atomic mass is 9.88. The first-order valence-electron chi connectivity index (χ1n) is 10.3.